The lowest BCUT2D eigenvalue weighted by Gasteiger charge is -2.23. The van der Waals surface area contributed by atoms with Gasteiger partial charge in [-0.3, -0.25) is 14.9 Å². The summed E-state index contributed by atoms with van der Waals surface area (Å²) in [7, 11) is 1.03. The molecule has 0 saturated heterocycles. The summed E-state index contributed by atoms with van der Waals surface area (Å²) in [6.07, 6.45) is -5.00. The molecule has 120 valence electrons. The number of carbonyl (C=O) groups excluding carboxylic acids is 1. The maximum Gasteiger partial charge on any atom is 0.417 e. The molecule has 0 radical (unpaired) electrons. The second-order valence-corrected chi connectivity index (χ2v) is 4.42. The van der Waals surface area contributed by atoms with Crippen LogP contribution in [0.3, 0.4) is 0 Å². The monoisotopic (exact) mass is 320 g/mol. The molecule has 1 aromatic rings. The molecule has 0 aliphatic carbocycles. The Balaban J connectivity index is 3.38. The van der Waals surface area contributed by atoms with Crippen LogP contribution in [0, 0.1) is 10.1 Å². The van der Waals surface area contributed by atoms with Crippen molar-refractivity contribution in [3.8, 4) is 0 Å². The van der Waals surface area contributed by atoms with Gasteiger partial charge in [0, 0.05) is 19.2 Å². The van der Waals surface area contributed by atoms with Crippen molar-refractivity contribution in [1.29, 1.82) is 0 Å². The van der Waals surface area contributed by atoms with Crippen molar-refractivity contribution in [2.45, 2.75) is 19.1 Å². The molecular weight excluding hydrogens is 309 g/mol. The molecule has 0 aromatic heterocycles. The molecule has 0 spiro atoms. The Kier molecular flexibility index (Phi) is 4.74. The van der Waals surface area contributed by atoms with Gasteiger partial charge in [0.05, 0.1) is 16.1 Å². The molecule has 0 bridgehead atoms. The number of rotatable bonds is 4. The molecule has 10 heteroatoms. The number of halogens is 3. The number of nitro groups is 1. The molecule has 7 nitrogen and oxygen atoms in total. The van der Waals surface area contributed by atoms with Crippen molar-refractivity contribution in [2.75, 3.05) is 7.05 Å². The van der Waals surface area contributed by atoms with E-state index in [1.165, 1.54) is 0 Å². The largest absolute Gasteiger partial charge is 0.480 e. The van der Waals surface area contributed by atoms with Gasteiger partial charge in [-0.15, -0.1) is 0 Å². The highest BCUT2D eigenvalue weighted by atomic mass is 19.4. The fourth-order valence-electron chi connectivity index (χ4n) is 1.60. The van der Waals surface area contributed by atoms with Crippen molar-refractivity contribution in [1.82, 2.24) is 4.90 Å². The smallest absolute Gasteiger partial charge is 0.417 e. The van der Waals surface area contributed by atoms with E-state index in [1.807, 2.05) is 0 Å². The van der Waals surface area contributed by atoms with E-state index in [4.69, 9.17) is 5.11 Å². The molecule has 1 rings (SSSR count). The van der Waals surface area contributed by atoms with Gasteiger partial charge >= 0.3 is 12.1 Å². The minimum atomic E-state index is -5.00. The molecule has 0 aliphatic rings. The maximum atomic E-state index is 13.0. The van der Waals surface area contributed by atoms with Crippen LogP contribution in [0.1, 0.15) is 22.8 Å². The minimum absolute atomic E-state index is 0.243. The van der Waals surface area contributed by atoms with E-state index in [0.29, 0.717) is 11.0 Å². The van der Waals surface area contributed by atoms with Gasteiger partial charge in [-0.1, -0.05) is 0 Å². The zero-order valence-corrected chi connectivity index (χ0v) is 11.4. The molecule has 1 N–H and O–H groups in total. The molecular formula is C12H11F3N2O5. The van der Waals surface area contributed by atoms with Crippen LogP contribution in [-0.4, -0.2) is 39.9 Å². The average Bonchev–Trinajstić information content (AvgIpc) is 2.43. The van der Waals surface area contributed by atoms with Gasteiger partial charge in [-0.25, -0.2) is 4.79 Å². The highest BCUT2D eigenvalue weighted by Crippen LogP contribution is 2.35. The number of non-ortho nitro benzene ring substituents is 1. The molecule has 1 amide bonds. The molecule has 0 heterocycles. The second kappa shape index (κ2) is 6.00. The Morgan fingerprint density at radius 1 is 1.36 bits per heavy atom. The number of alkyl halides is 3. The molecule has 0 fully saturated rings. The first kappa shape index (κ1) is 17.4. The predicted octanol–water partition coefficient (Wildman–Crippen LogP) is 2.16. The van der Waals surface area contributed by atoms with Crippen LogP contribution in [0.5, 0.6) is 0 Å². The Morgan fingerprint density at radius 2 is 1.91 bits per heavy atom. The molecule has 1 aromatic carbocycles. The summed E-state index contributed by atoms with van der Waals surface area (Å²) in [5, 5.41) is 19.3. The number of likely N-dealkylation sites (N-methyl/N-ethyl adjacent to an activating group) is 1. The highest BCUT2D eigenvalue weighted by molar-refractivity contribution is 5.98. The number of aliphatic carboxylic acids is 1. The van der Waals surface area contributed by atoms with Crippen LogP contribution >= 0.6 is 0 Å². The second-order valence-electron chi connectivity index (χ2n) is 4.42. The third kappa shape index (κ3) is 3.51. The van der Waals surface area contributed by atoms with Gasteiger partial charge in [0.15, 0.2) is 0 Å². The summed E-state index contributed by atoms with van der Waals surface area (Å²) >= 11 is 0. The van der Waals surface area contributed by atoms with Crippen LogP contribution in [-0.2, 0) is 11.0 Å². The molecule has 1 atom stereocenters. The average molecular weight is 320 g/mol. The zero-order valence-electron chi connectivity index (χ0n) is 11.4. The van der Waals surface area contributed by atoms with E-state index in [9.17, 15) is 32.9 Å². The zero-order chi connectivity index (χ0) is 17.2. The maximum absolute atomic E-state index is 13.0. The topological polar surface area (TPSA) is 101 Å². The van der Waals surface area contributed by atoms with Crippen LogP contribution in [0.2, 0.25) is 0 Å². The van der Waals surface area contributed by atoms with Gasteiger partial charge in [-0.05, 0) is 13.0 Å². The van der Waals surface area contributed by atoms with Crippen LogP contribution in [0.25, 0.3) is 0 Å². The minimum Gasteiger partial charge on any atom is -0.480 e. The summed E-state index contributed by atoms with van der Waals surface area (Å²) < 4.78 is 38.9. The number of carboxylic acids is 1. The third-order valence-electron chi connectivity index (χ3n) is 3.01. The summed E-state index contributed by atoms with van der Waals surface area (Å²) in [6.45, 7) is 1.12. The van der Waals surface area contributed by atoms with Crippen molar-refractivity contribution in [3.63, 3.8) is 0 Å². The quantitative estimate of drug-likeness (QED) is 0.676. The number of benzene rings is 1. The van der Waals surface area contributed by atoms with E-state index < -0.39 is 45.8 Å². The first-order chi connectivity index (χ1) is 9.96. The van der Waals surface area contributed by atoms with Crippen LogP contribution in [0.15, 0.2) is 18.2 Å². The molecule has 0 saturated carbocycles. The fraction of sp³-hybridized carbons (Fsp3) is 0.333. The van der Waals surface area contributed by atoms with E-state index in [0.717, 1.165) is 20.0 Å². The third-order valence-corrected chi connectivity index (χ3v) is 3.01. The summed E-state index contributed by atoms with van der Waals surface area (Å²) in [4.78, 5) is 33.0. The van der Waals surface area contributed by atoms with Gasteiger partial charge in [-0.2, -0.15) is 13.2 Å². The Bertz CT molecular complexity index is 630. The van der Waals surface area contributed by atoms with Gasteiger partial charge in [0.1, 0.15) is 6.04 Å². The number of nitrogens with zero attached hydrogens (tertiary/aromatic N) is 2. The number of amides is 1. The number of carboxylic acid groups (broad SMARTS) is 1. The number of carbonyl (C=O) groups is 2. The van der Waals surface area contributed by atoms with E-state index in [2.05, 4.69) is 0 Å². The molecule has 0 unspecified atom stereocenters. The first-order valence-electron chi connectivity index (χ1n) is 5.82. The predicted molar refractivity (Wildman–Crippen MR) is 67.3 cm³/mol. The summed E-state index contributed by atoms with van der Waals surface area (Å²) in [6, 6.07) is 0.298. The summed E-state index contributed by atoms with van der Waals surface area (Å²) in [5.74, 6) is -2.59. The Morgan fingerprint density at radius 3 is 2.32 bits per heavy atom. The summed E-state index contributed by atoms with van der Waals surface area (Å²) in [5.41, 5.74) is -3.16. The van der Waals surface area contributed by atoms with Gasteiger partial charge in [0.25, 0.3) is 11.6 Å². The van der Waals surface area contributed by atoms with Crippen molar-refractivity contribution >= 4 is 17.6 Å². The number of hydrogen-bond donors (Lipinski definition) is 1. The van der Waals surface area contributed by atoms with Crippen molar-refractivity contribution < 1.29 is 32.8 Å². The molecule has 22 heavy (non-hydrogen) atoms. The lowest BCUT2D eigenvalue weighted by Crippen LogP contribution is -2.40. The Hall–Kier alpha value is -2.65. The van der Waals surface area contributed by atoms with Gasteiger partial charge in [0.2, 0.25) is 0 Å². The van der Waals surface area contributed by atoms with E-state index in [-0.39, 0.29) is 6.07 Å². The SMILES string of the molecule is C[C@@H](C(=O)O)N(C)C(=O)c1ccc([N+](=O)[O-])cc1C(F)(F)F. The number of hydrogen-bond acceptors (Lipinski definition) is 4. The van der Waals surface area contributed by atoms with Crippen LogP contribution < -0.4 is 0 Å². The van der Waals surface area contributed by atoms with E-state index >= 15 is 0 Å². The normalized spacial score (nSPS) is 12.6. The van der Waals surface area contributed by atoms with Crippen molar-refractivity contribution in [3.05, 3.63) is 39.4 Å². The lowest BCUT2D eigenvalue weighted by molar-refractivity contribution is -0.385. The Labute approximate surface area is 122 Å². The lowest BCUT2D eigenvalue weighted by atomic mass is 10.0. The van der Waals surface area contributed by atoms with Crippen molar-refractivity contribution in [2.24, 2.45) is 0 Å². The highest BCUT2D eigenvalue weighted by Gasteiger charge is 2.38. The van der Waals surface area contributed by atoms with Gasteiger partial charge < -0.3 is 10.0 Å². The number of nitro benzene ring substituents is 1. The standard InChI is InChI=1S/C12H11F3N2O5/c1-6(11(19)20)16(2)10(18)8-4-3-7(17(21)22)5-9(8)12(13,14)15/h3-6H,1-2H3,(H,19,20)/t6-/m0/s1. The molecule has 0 aliphatic heterocycles. The first-order valence-corrected chi connectivity index (χ1v) is 5.82. The fourth-order valence-corrected chi connectivity index (χ4v) is 1.60. The van der Waals surface area contributed by atoms with E-state index in [1.54, 1.807) is 0 Å². The van der Waals surface area contributed by atoms with Crippen LogP contribution in [0.4, 0.5) is 18.9 Å².